The Morgan fingerprint density at radius 2 is 0.745 bits per heavy atom. The third-order valence-electron chi connectivity index (χ3n) is 14.9. The van der Waals surface area contributed by atoms with Gasteiger partial charge in [0.2, 0.25) is 0 Å². The van der Waals surface area contributed by atoms with E-state index in [2.05, 4.69) is 86.4 Å². The number of imidazole rings is 3. The third-order valence-corrected chi connectivity index (χ3v) is 17.9. The molecule has 3 saturated heterocycles. The van der Waals surface area contributed by atoms with Crippen molar-refractivity contribution in [1.29, 1.82) is 0 Å². The molecule has 9 rings (SSSR count). The maximum absolute atomic E-state index is 12.9. The summed E-state index contributed by atoms with van der Waals surface area (Å²) in [5.41, 5.74) is 18.7. The maximum atomic E-state index is 12.9. The first-order valence-corrected chi connectivity index (χ1v) is 36.7. The predicted molar refractivity (Wildman–Crippen MR) is 370 cm³/mol. The molecular formula is C63H107N15O17P2S. The third kappa shape index (κ3) is 22.6. The average molecular weight is 1440 g/mol. The minimum atomic E-state index is -4.46. The number of aromatic nitrogens is 12. The van der Waals surface area contributed by atoms with Crippen molar-refractivity contribution < 1.29 is 79.8 Å². The zero-order valence-electron chi connectivity index (χ0n) is 60.7. The van der Waals surface area contributed by atoms with Gasteiger partial charge in [-0.05, 0) is 110 Å². The van der Waals surface area contributed by atoms with Gasteiger partial charge >= 0.3 is 14.5 Å². The van der Waals surface area contributed by atoms with Crippen LogP contribution in [0.1, 0.15) is 163 Å². The summed E-state index contributed by atoms with van der Waals surface area (Å²) in [4.78, 5) is 59.6. The van der Waals surface area contributed by atoms with E-state index in [4.69, 9.17) is 94.5 Å². The van der Waals surface area contributed by atoms with Crippen LogP contribution in [-0.4, -0.2) is 201 Å². The summed E-state index contributed by atoms with van der Waals surface area (Å²) >= 11 is 5.37. The van der Waals surface area contributed by atoms with E-state index in [1.54, 1.807) is 63.9 Å². The number of phosphoric acid groups is 1. The molecule has 32 nitrogen and oxygen atoms in total. The SMILES string of the molecule is COCCO[C@H]1C(OC(C)(C)C)[C@@H](CC(C)(C)C)O[C@H]1n1cnc2c(N)ncnc21.COCCO[C@H]1C(OP(=O)(O)OC(C)(C)C)[C@@H](CC(C)(C)C)O[C@H]1n1cnc2c(N)ncnc21.COCCO[C@H]1C(OP(O)(=S)OC(C)(C)C)[C@@H](CC(C)(C)C)O[C@H]1n1cnc2c(N)ncnc21. The van der Waals surface area contributed by atoms with E-state index in [1.165, 1.54) is 25.3 Å². The molecular weight excluding hydrogens is 1330 g/mol. The number of hydrogen-bond acceptors (Lipinski definition) is 28. The number of ether oxygens (including phenoxy) is 10. The van der Waals surface area contributed by atoms with Crippen molar-refractivity contribution in [3.05, 3.63) is 38.0 Å². The Morgan fingerprint density at radius 3 is 1.04 bits per heavy atom. The second-order valence-electron chi connectivity index (χ2n) is 30.9. The van der Waals surface area contributed by atoms with Crippen molar-refractivity contribution in [3.8, 4) is 0 Å². The molecule has 5 unspecified atom stereocenters. The maximum Gasteiger partial charge on any atom is 0.473 e. The van der Waals surface area contributed by atoms with Gasteiger partial charge in [0.05, 0.1) is 93.7 Å². The number of phosphoric ester groups is 1. The van der Waals surface area contributed by atoms with Crippen LogP contribution in [0.2, 0.25) is 0 Å². The van der Waals surface area contributed by atoms with Gasteiger partial charge in [-0.15, -0.1) is 0 Å². The molecule has 9 heterocycles. The number of fused-ring (bicyclic) bond motifs is 3. The first kappa shape index (κ1) is 80.6. The normalized spacial score (nSPS) is 25.5. The number of nitrogen functional groups attached to an aromatic ring is 3. The van der Waals surface area contributed by atoms with Crippen LogP contribution in [0.5, 0.6) is 0 Å². The van der Waals surface area contributed by atoms with E-state index < -0.39 is 81.1 Å². The Hall–Kier alpha value is -4.71. The Kier molecular flexibility index (Phi) is 26.9. The molecule has 14 atom stereocenters. The lowest BCUT2D eigenvalue weighted by molar-refractivity contribution is -0.134. The molecule has 552 valence electrons. The number of hydrogen-bond donors (Lipinski definition) is 5. The van der Waals surface area contributed by atoms with Crippen LogP contribution in [0.3, 0.4) is 0 Å². The quantitative estimate of drug-likeness (QED) is 0.0263. The summed E-state index contributed by atoms with van der Waals surface area (Å²) in [6.45, 7) is 34.1. The zero-order valence-corrected chi connectivity index (χ0v) is 63.3. The highest BCUT2D eigenvalue weighted by Gasteiger charge is 2.54. The molecule has 0 aliphatic carbocycles. The average Bonchev–Trinajstić information content (AvgIpc) is 1.62. The molecule has 0 bridgehead atoms. The number of methoxy groups -OCH3 is 3. The van der Waals surface area contributed by atoms with Crippen LogP contribution in [0.25, 0.3) is 33.5 Å². The largest absolute Gasteiger partial charge is 0.473 e. The zero-order chi connectivity index (χ0) is 72.7. The molecule has 8 N–H and O–H groups in total. The van der Waals surface area contributed by atoms with Crippen LogP contribution < -0.4 is 17.2 Å². The lowest BCUT2D eigenvalue weighted by atomic mass is 9.87. The summed E-state index contributed by atoms with van der Waals surface area (Å²) in [7, 11) is 0.343. The minimum Gasteiger partial charge on any atom is -0.382 e. The Labute approximate surface area is 579 Å². The van der Waals surface area contributed by atoms with Gasteiger partial charge in [0.25, 0.3) is 0 Å². The first-order valence-electron chi connectivity index (χ1n) is 32.6. The van der Waals surface area contributed by atoms with Crippen molar-refractivity contribution in [1.82, 2.24) is 58.6 Å². The fourth-order valence-electron chi connectivity index (χ4n) is 11.5. The molecule has 0 amide bonds. The fourth-order valence-corrected chi connectivity index (χ4v) is 15.0. The number of nitrogens with two attached hydrogens (primary N) is 3. The number of rotatable bonds is 25. The second kappa shape index (κ2) is 32.7. The van der Waals surface area contributed by atoms with Crippen LogP contribution >= 0.6 is 14.5 Å². The highest BCUT2D eigenvalue weighted by Crippen LogP contribution is 2.55. The molecule has 0 spiro atoms. The van der Waals surface area contributed by atoms with E-state index in [1.807, 2.05) is 66.9 Å². The summed E-state index contributed by atoms with van der Waals surface area (Å²) < 4.78 is 101. The molecule has 0 radical (unpaired) electrons. The summed E-state index contributed by atoms with van der Waals surface area (Å²) in [6.07, 6.45) is 4.13. The van der Waals surface area contributed by atoms with Crippen molar-refractivity contribution in [2.24, 2.45) is 16.2 Å². The van der Waals surface area contributed by atoms with Crippen molar-refractivity contribution in [2.45, 2.75) is 234 Å². The molecule has 98 heavy (non-hydrogen) atoms. The summed E-state index contributed by atoms with van der Waals surface area (Å²) in [6, 6.07) is 0. The topological polar surface area (TPSA) is 396 Å². The van der Waals surface area contributed by atoms with Gasteiger partial charge in [0.15, 0.2) is 53.1 Å². The molecule has 0 saturated carbocycles. The first-order chi connectivity index (χ1) is 45.4. The van der Waals surface area contributed by atoms with Crippen LogP contribution in [0.4, 0.5) is 17.5 Å². The molecule has 3 aliphatic heterocycles. The smallest absolute Gasteiger partial charge is 0.382 e. The van der Waals surface area contributed by atoms with Gasteiger partial charge in [-0.25, -0.2) is 49.4 Å². The van der Waals surface area contributed by atoms with Gasteiger partial charge in [-0.1, -0.05) is 62.3 Å². The second-order valence-corrected chi connectivity index (χ2v) is 34.9. The Morgan fingerprint density at radius 1 is 0.439 bits per heavy atom. The van der Waals surface area contributed by atoms with E-state index >= 15 is 0 Å². The minimum absolute atomic E-state index is 0.0553. The highest BCUT2D eigenvalue weighted by atomic mass is 32.5. The lowest BCUT2D eigenvalue weighted by Gasteiger charge is -2.33. The van der Waals surface area contributed by atoms with E-state index in [9.17, 15) is 14.4 Å². The van der Waals surface area contributed by atoms with Gasteiger partial charge in [-0.2, -0.15) is 0 Å². The van der Waals surface area contributed by atoms with Crippen LogP contribution in [0, 0.1) is 16.2 Å². The van der Waals surface area contributed by atoms with Crippen LogP contribution in [0.15, 0.2) is 38.0 Å². The summed E-state index contributed by atoms with van der Waals surface area (Å²) in [5.74, 6) is 0.834. The molecule has 3 fully saturated rings. The monoisotopic (exact) mass is 1440 g/mol. The number of nitrogens with zero attached hydrogens (tertiary/aromatic N) is 12. The van der Waals surface area contributed by atoms with Crippen LogP contribution in [-0.2, 0) is 81.8 Å². The standard InChI is InChI=1S/C21H36N5O7P.C21H36N5O6PS.C21H35N5O4/c1-20(2,3)10-13-15(32-34(27,28)33-21(4,5)6)16(30-9-8-29-7)19(31-13)26-12-25-14-17(22)23-11-24-18(14)26;1-20(2,3)10-13-15(31-33(27,34)32-21(4,5)6)16(29-9-8-28-7)19(30-13)26-12-25-14-17(22)23-11-24-18(14)26;1-20(2,3)10-13-15(30-21(4,5)6)16(28-9-8-27-7)19(29-13)26-12-25-14-17(22)23-11-24-18(14)26/h11-13,15-16,19H,8-10H2,1-7H3,(H,27,28)(H2,22,23,24);11-13,15-16,19H,8-10H2,1-7H3,(H,27,34)(H2,22,23,24);11-13,15-16,19H,8-10H2,1-7H3,(H2,22,23,24)/t13-,15?,16+,19-;13-,15?,16+,19-,33?;13-,15?,16+,19-/m111/s1. The Balaban J connectivity index is 0.000000207. The van der Waals surface area contributed by atoms with Crippen molar-refractivity contribution in [3.63, 3.8) is 0 Å². The number of anilines is 3. The molecule has 3 aliphatic rings. The predicted octanol–water partition coefficient (Wildman–Crippen LogP) is 9.22. The molecule has 6 aromatic heterocycles. The van der Waals surface area contributed by atoms with Crippen molar-refractivity contribution >= 4 is 77.3 Å². The lowest BCUT2D eigenvalue weighted by Crippen LogP contribution is -2.43. The summed E-state index contributed by atoms with van der Waals surface area (Å²) in [5, 5.41) is 0. The highest BCUT2D eigenvalue weighted by molar-refractivity contribution is 8.07. The Bertz CT molecular complexity index is 3460. The molecule has 6 aromatic rings. The van der Waals surface area contributed by atoms with Crippen molar-refractivity contribution in [2.75, 3.05) is 78.2 Å². The van der Waals surface area contributed by atoms with E-state index in [0.717, 1.165) is 6.42 Å². The molecule has 35 heteroatoms. The van der Waals surface area contributed by atoms with Gasteiger partial charge < -0.3 is 78.9 Å². The molecule has 0 aromatic carbocycles. The van der Waals surface area contributed by atoms with E-state index in [-0.39, 0.29) is 65.0 Å². The van der Waals surface area contributed by atoms with Gasteiger partial charge in [-0.3, -0.25) is 27.3 Å². The van der Waals surface area contributed by atoms with E-state index in [0.29, 0.717) is 78.6 Å². The van der Waals surface area contributed by atoms with Gasteiger partial charge in [0, 0.05) is 21.3 Å². The van der Waals surface area contributed by atoms with Gasteiger partial charge in [0.1, 0.15) is 72.2 Å². The fraction of sp³-hybridized carbons (Fsp3) is 0.762.